The van der Waals surface area contributed by atoms with Gasteiger partial charge < -0.3 is 15.5 Å². The van der Waals surface area contributed by atoms with Gasteiger partial charge >= 0.3 is 12.4 Å². The van der Waals surface area contributed by atoms with Gasteiger partial charge in [0.05, 0.1) is 11.1 Å². The molecule has 0 spiro atoms. The Kier molecular flexibility index (Phi) is 6.95. The number of nitrogens with zero attached hydrogens (tertiary/aromatic N) is 1. The van der Waals surface area contributed by atoms with Gasteiger partial charge in [0.25, 0.3) is 0 Å². The first-order valence-corrected chi connectivity index (χ1v) is 9.68. The number of rotatable bonds is 6. The first-order valence-electron chi connectivity index (χ1n) is 9.28. The van der Waals surface area contributed by atoms with Crippen LogP contribution < -0.4 is 10.6 Å². The van der Waals surface area contributed by atoms with E-state index in [-0.39, 0.29) is 22.5 Å². The molecule has 2 N–H and O–H groups in total. The van der Waals surface area contributed by atoms with Crippen LogP contribution in [0.1, 0.15) is 43.7 Å². The molecule has 1 aliphatic rings. The molecule has 1 amide bonds. The molecule has 11 heteroatoms. The lowest BCUT2D eigenvalue weighted by Gasteiger charge is -2.30. The summed E-state index contributed by atoms with van der Waals surface area (Å²) in [4.78, 5) is 14.0. The molecule has 0 aromatic heterocycles. The summed E-state index contributed by atoms with van der Waals surface area (Å²) in [5.41, 5.74) is -3.69. The molecule has 168 valence electrons. The Bertz CT molecular complexity index is 770. The zero-order valence-electron chi connectivity index (χ0n) is 16.7. The fourth-order valence-electron chi connectivity index (χ4n) is 3.40. The highest BCUT2D eigenvalue weighted by atomic mass is 32.1. The Morgan fingerprint density at radius 2 is 1.60 bits per heavy atom. The van der Waals surface area contributed by atoms with Crippen LogP contribution in [0.2, 0.25) is 0 Å². The van der Waals surface area contributed by atoms with E-state index in [0.717, 1.165) is 25.7 Å². The number of benzene rings is 1. The van der Waals surface area contributed by atoms with Crippen LogP contribution in [-0.4, -0.2) is 36.1 Å². The first-order chi connectivity index (χ1) is 13.7. The van der Waals surface area contributed by atoms with Crippen LogP contribution in [0.15, 0.2) is 18.2 Å². The summed E-state index contributed by atoms with van der Waals surface area (Å²) >= 11 is 5.12. The van der Waals surface area contributed by atoms with Crippen LogP contribution >= 0.6 is 12.2 Å². The number of likely N-dealkylation sites (N-methyl/N-ethyl adjacent to an activating group) is 1. The van der Waals surface area contributed by atoms with E-state index in [1.165, 1.54) is 4.90 Å². The van der Waals surface area contributed by atoms with Gasteiger partial charge in [0.1, 0.15) is 6.04 Å². The van der Waals surface area contributed by atoms with Gasteiger partial charge in [0, 0.05) is 19.8 Å². The Labute approximate surface area is 176 Å². The molecule has 1 aromatic carbocycles. The fraction of sp³-hybridized carbons (Fsp3) is 0.579. The lowest BCUT2D eigenvalue weighted by atomic mass is 9.90. The molecular weight excluding hydrogens is 432 g/mol. The number of anilines is 1. The van der Waals surface area contributed by atoms with Crippen molar-refractivity contribution in [2.75, 3.05) is 19.4 Å². The van der Waals surface area contributed by atoms with E-state index >= 15 is 0 Å². The van der Waals surface area contributed by atoms with E-state index in [1.54, 1.807) is 14.1 Å². The largest absolute Gasteiger partial charge is 0.416 e. The van der Waals surface area contributed by atoms with Crippen LogP contribution in [-0.2, 0) is 17.1 Å². The number of hydrogen-bond donors (Lipinski definition) is 2. The maximum atomic E-state index is 13.0. The van der Waals surface area contributed by atoms with Gasteiger partial charge in [-0.3, -0.25) is 4.79 Å². The van der Waals surface area contributed by atoms with Crippen molar-refractivity contribution >= 4 is 28.9 Å². The number of halogens is 6. The molecule has 4 nitrogen and oxygen atoms in total. The van der Waals surface area contributed by atoms with Gasteiger partial charge in [-0.2, -0.15) is 26.3 Å². The molecule has 30 heavy (non-hydrogen) atoms. The van der Waals surface area contributed by atoms with E-state index < -0.39 is 35.2 Å². The highest BCUT2D eigenvalue weighted by Gasteiger charge is 2.52. The van der Waals surface area contributed by atoms with E-state index in [1.807, 2.05) is 6.92 Å². The van der Waals surface area contributed by atoms with Gasteiger partial charge in [0.2, 0.25) is 5.91 Å². The third-order valence-corrected chi connectivity index (χ3v) is 5.28. The molecular formula is C19H23F6N3OS. The van der Waals surface area contributed by atoms with Crippen molar-refractivity contribution in [1.29, 1.82) is 0 Å². The summed E-state index contributed by atoms with van der Waals surface area (Å²) in [6, 6.07) is 0.413. The van der Waals surface area contributed by atoms with Crippen molar-refractivity contribution in [2.45, 2.75) is 51.0 Å². The number of amides is 1. The molecule has 0 radical (unpaired) electrons. The summed E-state index contributed by atoms with van der Waals surface area (Å²) in [6.45, 7) is 1.97. The highest BCUT2D eigenvalue weighted by Crippen LogP contribution is 2.53. The number of thiocarbonyl (C=S) groups is 1. The van der Waals surface area contributed by atoms with Gasteiger partial charge in [-0.25, -0.2) is 0 Å². The Morgan fingerprint density at radius 3 is 1.97 bits per heavy atom. The predicted octanol–water partition coefficient (Wildman–Crippen LogP) is 5.05. The maximum Gasteiger partial charge on any atom is 0.416 e. The van der Waals surface area contributed by atoms with Crippen LogP contribution in [0, 0.1) is 5.41 Å². The number of alkyl halides is 6. The summed E-state index contributed by atoms with van der Waals surface area (Å²) in [7, 11) is 3.13. The Morgan fingerprint density at radius 1 is 1.10 bits per heavy atom. The van der Waals surface area contributed by atoms with Gasteiger partial charge in [0.15, 0.2) is 5.11 Å². The Hall–Kier alpha value is -2.04. The second-order valence-electron chi connectivity index (χ2n) is 7.67. The van der Waals surface area contributed by atoms with Crippen molar-refractivity contribution in [3.63, 3.8) is 0 Å². The standard InChI is InChI=1S/C19H23F6N3OS/c1-4-5-17(6-7-17)14(15(29)28(2)3)27-16(30)26-13-9-11(18(20,21)22)8-12(10-13)19(23,24)25/h8-10,14H,4-7H2,1-3H3,(H2,26,27,30)/t14-/m1/s1. The number of carbonyl (C=O) groups is 1. The SMILES string of the molecule is CCCC1([C@H](NC(=S)Nc2cc(C(F)(F)F)cc(C(F)(F)F)c2)C(=O)N(C)C)CC1. The van der Waals surface area contributed by atoms with Crippen LogP contribution in [0.3, 0.4) is 0 Å². The summed E-state index contributed by atoms with van der Waals surface area (Å²) in [6.07, 6.45) is -6.80. The summed E-state index contributed by atoms with van der Waals surface area (Å²) < 4.78 is 78.2. The molecule has 1 aliphatic carbocycles. The molecule has 0 unspecified atom stereocenters. The molecule has 1 fully saturated rings. The minimum absolute atomic E-state index is 0.0421. The summed E-state index contributed by atoms with van der Waals surface area (Å²) in [5, 5.41) is 4.98. The van der Waals surface area contributed by atoms with Gasteiger partial charge in [-0.05, 0) is 55.1 Å². The van der Waals surface area contributed by atoms with Crippen LogP contribution in [0.4, 0.5) is 32.0 Å². The van der Waals surface area contributed by atoms with Crippen molar-refractivity contribution in [1.82, 2.24) is 10.2 Å². The maximum absolute atomic E-state index is 13.0. The molecule has 0 heterocycles. The molecule has 0 saturated heterocycles. The molecule has 2 rings (SSSR count). The smallest absolute Gasteiger partial charge is 0.350 e. The summed E-state index contributed by atoms with van der Waals surface area (Å²) in [5.74, 6) is -0.259. The predicted molar refractivity (Wildman–Crippen MR) is 105 cm³/mol. The number of hydrogen-bond acceptors (Lipinski definition) is 2. The minimum atomic E-state index is -4.96. The van der Waals surface area contributed by atoms with Crippen LogP contribution in [0.25, 0.3) is 0 Å². The van der Waals surface area contributed by atoms with E-state index in [9.17, 15) is 31.1 Å². The lowest BCUT2D eigenvalue weighted by Crippen LogP contribution is -2.52. The quantitative estimate of drug-likeness (QED) is 0.466. The third kappa shape index (κ3) is 5.77. The first kappa shape index (κ1) is 24.2. The Balaban J connectivity index is 2.28. The second-order valence-corrected chi connectivity index (χ2v) is 8.08. The molecule has 1 aromatic rings. The van der Waals surface area contributed by atoms with Gasteiger partial charge in [-0.15, -0.1) is 0 Å². The normalized spacial score (nSPS) is 16.6. The highest BCUT2D eigenvalue weighted by molar-refractivity contribution is 7.80. The average Bonchev–Trinajstić information content (AvgIpc) is 3.38. The zero-order chi connectivity index (χ0) is 22.9. The lowest BCUT2D eigenvalue weighted by molar-refractivity contribution is -0.143. The second kappa shape index (κ2) is 8.60. The van der Waals surface area contributed by atoms with Crippen molar-refractivity contribution < 1.29 is 31.1 Å². The van der Waals surface area contributed by atoms with Crippen molar-refractivity contribution in [2.24, 2.45) is 5.41 Å². The van der Waals surface area contributed by atoms with Crippen LogP contribution in [0.5, 0.6) is 0 Å². The average molecular weight is 455 g/mol. The van der Waals surface area contributed by atoms with E-state index in [4.69, 9.17) is 12.2 Å². The molecule has 1 saturated carbocycles. The zero-order valence-corrected chi connectivity index (χ0v) is 17.5. The number of nitrogens with one attached hydrogen (secondary N) is 2. The third-order valence-electron chi connectivity index (χ3n) is 5.06. The molecule has 0 bridgehead atoms. The van der Waals surface area contributed by atoms with E-state index in [0.29, 0.717) is 12.1 Å². The topological polar surface area (TPSA) is 44.4 Å². The van der Waals surface area contributed by atoms with E-state index in [2.05, 4.69) is 10.6 Å². The molecule has 1 atom stereocenters. The fourth-order valence-corrected chi connectivity index (χ4v) is 3.64. The monoisotopic (exact) mass is 455 g/mol. The van der Waals surface area contributed by atoms with Crippen molar-refractivity contribution in [3.05, 3.63) is 29.3 Å². The van der Waals surface area contributed by atoms with Crippen molar-refractivity contribution in [3.8, 4) is 0 Å². The molecule has 0 aliphatic heterocycles. The van der Waals surface area contributed by atoms with Gasteiger partial charge in [-0.1, -0.05) is 13.3 Å². The number of carbonyl (C=O) groups excluding carboxylic acids is 1. The minimum Gasteiger partial charge on any atom is -0.350 e.